The molecule has 0 aromatic heterocycles. The minimum Gasteiger partial charge on any atom is -0.450 e. The Hall–Kier alpha value is -1.10. The van der Waals surface area contributed by atoms with Crippen molar-refractivity contribution in [1.82, 2.24) is 9.80 Å². The lowest BCUT2D eigenvalue weighted by molar-refractivity contribution is -0.122. The van der Waals surface area contributed by atoms with E-state index in [1.807, 2.05) is 6.92 Å². The first kappa shape index (κ1) is 13.3. The molecule has 5 heteroatoms. The van der Waals surface area contributed by atoms with Gasteiger partial charge in [-0.1, -0.05) is 0 Å². The highest BCUT2D eigenvalue weighted by molar-refractivity contribution is 5.79. The Bertz CT molecular complexity index is 311. The molecule has 18 heavy (non-hydrogen) atoms. The fourth-order valence-electron chi connectivity index (χ4n) is 2.80. The molecule has 5 nitrogen and oxygen atoms in total. The van der Waals surface area contributed by atoms with E-state index in [4.69, 9.17) is 4.74 Å². The molecule has 1 amide bonds. The SMILES string of the molecule is CCOC(=O)N1CCN(C2CCCC(=O)C2)CC1. The fourth-order valence-corrected chi connectivity index (χ4v) is 2.80. The number of ketones is 1. The van der Waals surface area contributed by atoms with Gasteiger partial charge in [-0.2, -0.15) is 0 Å². The number of amides is 1. The van der Waals surface area contributed by atoms with Gasteiger partial charge in [0.15, 0.2) is 0 Å². The molecule has 0 aromatic carbocycles. The molecular formula is C13H22N2O3. The molecule has 0 N–H and O–H groups in total. The van der Waals surface area contributed by atoms with Crippen molar-refractivity contribution < 1.29 is 14.3 Å². The first-order valence-electron chi connectivity index (χ1n) is 6.88. The summed E-state index contributed by atoms with van der Waals surface area (Å²) in [7, 11) is 0. The molecule has 0 spiro atoms. The number of carbonyl (C=O) groups excluding carboxylic acids is 2. The third-order valence-electron chi connectivity index (χ3n) is 3.81. The third-order valence-corrected chi connectivity index (χ3v) is 3.81. The van der Waals surface area contributed by atoms with E-state index in [1.165, 1.54) is 0 Å². The van der Waals surface area contributed by atoms with E-state index in [9.17, 15) is 9.59 Å². The van der Waals surface area contributed by atoms with E-state index in [0.717, 1.165) is 32.4 Å². The van der Waals surface area contributed by atoms with Crippen LogP contribution in [0.3, 0.4) is 0 Å². The van der Waals surface area contributed by atoms with Crippen LogP contribution in [0, 0.1) is 0 Å². The summed E-state index contributed by atoms with van der Waals surface area (Å²) in [6, 6.07) is 0.399. The molecule has 2 aliphatic rings. The van der Waals surface area contributed by atoms with E-state index >= 15 is 0 Å². The molecule has 1 heterocycles. The molecule has 1 atom stereocenters. The zero-order chi connectivity index (χ0) is 13.0. The Morgan fingerprint density at radius 1 is 1.33 bits per heavy atom. The van der Waals surface area contributed by atoms with Gasteiger partial charge in [0, 0.05) is 45.1 Å². The number of nitrogens with zero attached hydrogens (tertiary/aromatic N) is 2. The lowest BCUT2D eigenvalue weighted by Gasteiger charge is -2.39. The number of piperazine rings is 1. The first-order valence-corrected chi connectivity index (χ1v) is 6.88. The summed E-state index contributed by atoms with van der Waals surface area (Å²) in [6.07, 6.45) is 3.36. The number of ether oxygens (including phenoxy) is 1. The van der Waals surface area contributed by atoms with Crippen LogP contribution < -0.4 is 0 Å². The van der Waals surface area contributed by atoms with Crippen LogP contribution in [-0.2, 0) is 9.53 Å². The Morgan fingerprint density at radius 3 is 2.67 bits per heavy atom. The van der Waals surface area contributed by atoms with Crippen LogP contribution in [0.4, 0.5) is 4.79 Å². The van der Waals surface area contributed by atoms with E-state index in [1.54, 1.807) is 4.90 Å². The smallest absolute Gasteiger partial charge is 0.409 e. The van der Waals surface area contributed by atoms with Gasteiger partial charge in [0.1, 0.15) is 5.78 Å². The molecule has 0 radical (unpaired) electrons. The second-order valence-electron chi connectivity index (χ2n) is 5.01. The quantitative estimate of drug-likeness (QED) is 0.744. The number of rotatable bonds is 2. The maximum Gasteiger partial charge on any atom is 0.409 e. The van der Waals surface area contributed by atoms with Crippen molar-refractivity contribution in [1.29, 1.82) is 0 Å². The average Bonchev–Trinajstić information content (AvgIpc) is 2.39. The Morgan fingerprint density at radius 2 is 2.06 bits per heavy atom. The van der Waals surface area contributed by atoms with Crippen molar-refractivity contribution >= 4 is 11.9 Å². The Balaban J connectivity index is 1.79. The molecule has 2 rings (SSSR count). The normalized spacial score (nSPS) is 26.2. The highest BCUT2D eigenvalue weighted by atomic mass is 16.6. The van der Waals surface area contributed by atoms with Gasteiger partial charge in [-0.05, 0) is 19.8 Å². The number of Topliss-reactive ketones (excluding diaryl/α,β-unsaturated/α-hetero) is 1. The lowest BCUT2D eigenvalue weighted by Crippen LogP contribution is -2.53. The second-order valence-corrected chi connectivity index (χ2v) is 5.01. The minimum atomic E-state index is -0.211. The maximum atomic E-state index is 11.6. The maximum absolute atomic E-state index is 11.6. The zero-order valence-electron chi connectivity index (χ0n) is 11.1. The minimum absolute atomic E-state index is 0.211. The van der Waals surface area contributed by atoms with Crippen molar-refractivity contribution in [2.75, 3.05) is 32.8 Å². The van der Waals surface area contributed by atoms with Gasteiger partial charge < -0.3 is 9.64 Å². The highest BCUT2D eigenvalue weighted by Crippen LogP contribution is 2.21. The number of carbonyl (C=O) groups is 2. The second kappa shape index (κ2) is 6.18. The predicted molar refractivity (Wildman–Crippen MR) is 67.4 cm³/mol. The molecule has 1 aliphatic heterocycles. The predicted octanol–water partition coefficient (Wildman–Crippen LogP) is 1.27. The van der Waals surface area contributed by atoms with Gasteiger partial charge in [-0.25, -0.2) is 4.79 Å². The molecule has 2 fully saturated rings. The van der Waals surface area contributed by atoms with Crippen LogP contribution in [-0.4, -0.2) is 60.5 Å². The lowest BCUT2D eigenvalue weighted by atomic mass is 9.93. The summed E-state index contributed by atoms with van der Waals surface area (Å²) in [6.45, 7) is 5.39. The Labute approximate surface area is 108 Å². The number of hydrogen-bond donors (Lipinski definition) is 0. The van der Waals surface area contributed by atoms with E-state index in [2.05, 4.69) is 4.90 Å². The summed E-state index contributed by atoms with van der Waals surface area (Å²) >= 11 is 0. The summed E-state index contributed by atoms with van der Waals surface area (Å²) in [5, 5.41) is 0. The standard InChI is InChI=1S/C13H22N2O3/c1-2-18-13(17)15-8-6-14(7-9-15)11-4-3-5-12(16)10-11/h11H,2-10H2,1H3. The van der Waals surface area contributed by atoms with Crippen molar-refractivity contribution in [3.8, 4) is 0 Å². The van der Waals surface area contributed by atoms with Gasteiger partial charge in [0.2, 0.25) is 0 Å². The van der Waals surface area contributed by atoms with Gasteiger partial charge >= 0.3 is 6.09 Å². The van der Waals surface area contributed by atoms with E-state index in [-0.39, 0.29) is 6.09 Å². The monoisotopic (exact) mass is 254 g/mol. The van der Waals surface area contributed by atoms with Crippen molar-refractivity contribution in [3.63, 3.8) is 0 Å². The fraction of sp³-hybridized carbons (Fsp3) is 0.846. The van der Waals surface area contributed by atoms with Crippen molar-refractivity contribution in [3.05, 3.63) is 0 Å². The average molecular weight is 254 g/mol. The molecule has 1 aliphatic carbocycles. The van der Waals surface area contributed by atoms with Crippen LogP contribution >= 0.6 is 0 Å². The molecule has 0 bridgehead atoms. The van der Waals surface area contributed by atoms with Gasteiger partial charge in [0.25, 0.3) is 0 Å². The first-order chi connectivity index (χ1) is 8.70. The largest absolute Gasteiger partial charge is 0.450 e. The summed E-state index contributed by atoms with van der Waals surface area (Å²) < 4.78 is 4.99. The number of hydrogen-bond acceptors (Lipinski definition) is 4. The molecule has 1 saturated carbocycles. The van der Waals surface area contributed by atoms with Gasteiger partial charge in [-0.3, -0.25) is 9.69 Å². The van der Waals surface area contributed by atoms with Crippen LogP contribution in [0.25, 0.3) is 0 Å². The summed E-state index contributed by atoms with van der Waals surface area (Å²) in [4.78, 5) is 27.1. The van der Waals surface area contributed by atoms with Gasteiger partial charge in [-0.15, -0.1) is 0 Å². The zero-order valence-corrected chi connectivity index (χ0v) is 11.1. The summed E-state index contributed by atoms with van der Waals surface area (Å²) in [5.74, 6) is 0.388. The molecule has 1 saturated heterocycles. The molecule has 0 aromatic rings. The molecule has 102 valence electrons. The Kier molecular flexibility index (Phi) is 4.58. The van der Waals surface area contributed by atoms with Crippen LogP contribution in [0.2, 0.25) is 0 Å². The topological polar surface area (TPSA) is 49.9 Å². The third kappa shape index (κ3) is 3.22. The van der Waals surface area contributed by atoms with Crippen molar-refractivity contribution in [2.45, 2.75) is 38.6 Å². The van der Waals surface area contributed by atoms with Crippen molar-refractivity contribution in [2.24, 2.45) is 0 Å². The van der Waals surface area contributed by atoms with E-state index in [0.29, 0.717) is 37.9 Å². The van der Waals surface area contributed by atoms with Crippen LogP contribution in [0.1, 0.15) is 32.6 Å². The summed E-state index contributed by atoms with van der Waals surface area (Å²) in [5.41, 5.74) is 0. The van der Waals surface area contributed by atoms with Crippen LogP contribution in [0.15, 0.2) is 0 Å². The van der Waals surface area contributed by atoms with E-state index < -0.39 is 0 Å². The van der Waals surface area contributed by atoms with Gasteiger partial charge in [0.05, 0.1) is 6.61 Å². The molecular weight excluding hydrogens is 232 g/mol. The molecule has 1 unspecified atom stereocenters. The van der Waals surface area contributed by atoms with Crippen LogP contribution in [0.5, 0.6) is 0 Å². The highest BCUT2D eigenvalue weighted by Gasteiger charge is 2.29.